The molecule has 92 valence electrons. The minimum Gasteiger partial charge on any atom is -0.385 e. The highest BCUT2D eigenvalue weighted by atomic mass is 16.3. The Balaban J connectivity index is 2.37. The quantitative estimate of drug-likeness (QED) is 0.803. The summed E-state index contributed by atoms with van der Waals surface area (Å²) in [6.45, 7) is 4.91. The van der Waals surface area contributed by atoms with Crippen molar-refractivity contribution in [2.24, 2.45) is 0 Å². The number of aryl methyl sites for hydroxylation is 1. The van der Waals surface area contributed by atoms with Gasteiger partial charge in [-0.1, -0.05) is 31.9 Å². The summed E-state index contributed by atoms with van der Waals surface area (Å²) in [6, 6.07) is 8.07. The lowest BCUT2D eigenvalue weighted by molar-refractivity contribution is 0.184. The summed E-state index contributed by atoms with van der Waals surface area (Å²) in [5.41, 5.74) is 2.10. The molecule has 2 rings (SSSR count). The van der Waals surface area contributed by atoms with E-state index in [2.05, 4.69) is 22.5 Å². The first kappa shape index (κ1) is 12.1. The van der Waals surface area contributed by atoms with E-state index in [9.17, 15) is 5.11 Å². The largest absolute Gasteiger partial charge is 0.385 e. The van der Waals surface area contributed by atoms with Gasteiger partial charge < -0.3 is 9.67 Å². The lowest BCUT2D eigenvalue weighted by Crippen LogP contribution is -2.07. The minimum atomic E-state index is -0.510. The zero-order valence-electron chi connectivity index (χ0n) is 10.6. The number of benzene rings is 1. The van der Waals surface area contributed by atoms with Gasteiger partial charge in [-0.3, -0.25) is 0 Å². The molecular formula is C14H20N2O. The Morgan fingerprint density at radius 2 is 2.06 bits per heavy atom. The Kier molecular flexibility index (Phi) is 3.79. The summed E-state index contributed by atoms with van der Waals surface area (Å²) >= 11 is 0. The van der Waals surface area contributed by atoms with Crippen LogP contribution in [-0.2, 0) is 6.54 Å². The number of aliphatic hydroxyl groups excluding tert-OH is 1. The molecule has 0 bridgehead atoms. The van der Waals surface area contributed by atoms with Crippen LogP contribution in [0, 0.1) is 0 Å². The maximum atomic E-state index is 9.78. The summed E-state index contributed by atoms with van der Waals surface area (Å²) < 4.78 is 2.15. The van der Waals surface area contributed by atoms with Crippen LogP contribution in [0.1, 0.15) is 45.0 Å². The topological polar surface area (TPSA) is 38.0 Å². The third-order valence-corrected chi connectivity index (χ3v) is 3.04. The second-order valence-electron chi connectivity index (χ2n) is 4.49. The Hall–Kier alpha value is -1.35. The number of hydrogen-bond acceptors (Lipinski definition) is 2. The summed E-state index contributed by atoms with van der Waals surface area (Å²) in [7, 11) is 0. The average Bonchev–Trinajstić information content (AvgIpc) is 2.69. The Morgan fingerprint density at radius 3 is 2.76 bits per heavy atom. The van der Waals surface area contributed by atoms with Crippen LogP contribution < -0.4 is 0 Å². The highest BCUT2D eigenvalue weighted by molar-refractivity contribution is 5.75. The SMILES string of the molecule is CCCCCn1c(C(C)O)nc2ccccc21. The van der Waals surface area contributed by atoms with E-state index in [0.29, 0.717) is 0 Å². The van der Waals surface area contributed by atoms with Gasteiger partial charge >= 0.3 is 0 Å². The molecule has 0 spiro atoms. The molecule has 1 aromatic heterocycles. The van der Waals surface area contributed by atoms with Crippen molar-refractivity contribution in [1.82, 2.24) is 9.55 Å². The molecule has 3 heteroatoms. The van der Waals surface area contributed by atoms with Crippen molar-refractivity contribution in [1.29, 1.82) is 0 Å². The van der Waals surface area contributed by atoms with Gasteiger partial charge in [0.05, 0.1) is 11.0 Å². The van der Waals surface area contributed by atoms with Gasteiger partial charge in [0, 0.05) is 6.54 Å². The van der Waals surface area contributed by atoms with Crippen LogP contribution in [0.4, 0.5) is 0 Å². The lowest BCUT2D eigenvalue weighted by Gasteiger charge is -2.10. The highest BCUT2D eigenvalue weighted by Gasteiger charge is 2.13. The number of aliphatic hydroxyl groups is 1. The number of unbranched alkanes of at least 4 members (excludes halogenated alkanes) is 2. The van der Waals surface area contributed by atoms with Crippen molar-refractivity contribution in [3.8, 4) is 0 Å². The Labute approximate surface area is 102 Å². The van der Waals surface area contributed by atoms with E-state index in [1.807, 2.05) is 18.2 Å². The molecule has 1 N–H and O–H groups in total. The molecule has 0 fully saturated rings. The zero-order valence-corrected chi connectivity index (χ0v) is 10.6. The van der Waals surface area contributed by atoms with Crippen molar-refractivity contribution in [3.05, 3.63) is 30.1 Å². The van der Waals surface area contributed by atoms with Gasteiger partial charge in [0.1, 0.15) is 11.9 Å². The van der Waals surface area contributed by atoms with E-state index in [1.165, 1.54) is 12.8 Å². The van der Waals surface area contributed by atoms with Gasteiger partial charge in [-0.2, -0.15) is 0 Å². The van der Waals surface area contributed by atoms with E-state index >= 15 is 0 Å². The van der Waals surface area contributed by atoms with Crippen molar-refractivity contribution in [2.45, 2.75) is 45.8 Å². The molecule has 0 aliphatic rings. The maximum absolute atomic E-state index is 9.78. The Bertz CT molecular complexity index is 488. The van der Waals surface area contributed by atoms with E-state index in [-0.39, 0.29) is 0 Å². The predicted octanol–water partition coefficient (Wildman–Crippen LogP) is 3.28. The normalized spacial score (nSPS) is 13.1. The zero-order chi connectivity index (χ0) is 12.3. The predicted molar refractivity (Wildman–Crippen MR) is 69.9 cm³/mol. The fourth-order valence-electron chi connectivity index (χ4n) is 2.17. The summed E-state index contributed by atoms with van der Waals surface area (Å²) in [4.78, 5) is 4.50. The van der Waals surface area contributed by atoms with Crippen molar-refractivity contribution >= 4 is 11.0 Å². The highest BCUT2D eigenvalue weighted by Crippen LogP contribution is 2.21. The van der Waals surface area contributed by atoms with Crippen LogP contribution in [-0.4, -0.2) is 14.7 Å². The summed E-state index contributed by atoms with van der Waals surface area (Å²) in [6.07, 6.45) is 3.04. The van der Waals surface area contributed by atoms with Crippen molar-refractivity contribution < 1.29 is 5.11 Å². The molecule has 2 aromatic rings. The van der Waals surface area contributed by atoms with E-state index in [0.717, 1.165) is 29.8 Å². The van der Waals surface area contributed by atoms with E-state index in [1.54, 1.807) is 6.92 Å². The first-order chi connectivity index (χ1) is 8.24. The van der Waals surface area contributed by atoms with Crippen LogP contribution in [0.5, 0.6) is 0 Å². The lowest BCUT2D eigenvalue weighted by atomic mass is 10.2. The molecule has 3 nitrogen and oxygen atoms in total. The van der Waals surface area contributed by atoms with Gasteiger partial charge in [-0.15, -0.1) is 0 Å². The molecule has 0 aliphatic heterocycles. The molecule has 1 heterocycles. The smallest absolute Gasteiger partial charge is 0.138 e. The second-order valence-corrected chi connectivity index (χ2v) is 4.49. The molecule has 17 heavy (non-hydrogen) atoms. The average molecular weight is 232 g/mol. The van der Waals surface area contributed by atoms with Gasteiger partial charge in [-0.25, -0.2) is 4.98 Å². The van der Waals surface area contributed by atoms with Gasteiger partial charge in [0.2, 0.25) is 0 Å². The van der Waals surface area contributed by atoms with Gasteiger partial charge in [-0.05, 0) is 25.5 Å². The standard InChI is InChI=1S/C14H20N2O/c1-3-4-7-10-16-13-9-6-5-8-12(13)15-14(16)11(2)17/h5-6,8-9,11,17H,3-4,7,10H2,1-2H3. The summed E-state index contributed by atoms with van der Waals surface area (Å²) in [5, 5.41) is 9.78. The number of hydrogen-bond donors (Lipinski definition) is 1. The molecule has 1 aromatic carbocycles. The number of rotatable bonds is 5. The Morgan fingerprint density at radius 1 is 1.29 bits per heavy atom. The minimum absolute atomic E-state index is 0.510. The van der Waals surface area contributed by atoms with Crippen LogP contribution >= 0.6 is 0 Å². The molecule has 0 saturated heterocycles. The van der Waals surface area contributed by atoms with Crippen molar-refractivity contribution in [2.75, 3.05) is 0 Å². The van der Waals surface area contributed by atoms with Crippen molar-refractivity contribution in [3.63, 3.8) is 0 Å². The van der Waals surface area contributed by atoms with Crippen LogP contribution in [0.25, 0.3) is 11.0 Å². The first-order valence-corrected chi connectivity index (χ1v) is 6.37. The summed E-state index contributed by atoms with van der Waals surface area (Å²) in [5.74, 6) is 0.780. The third-order valence-electron chi connectivity index (χ3n) is 3.04. The molecular weight excluding hydrogens is 212 g/mol. The molecule has 0 amide bonds. The van der Waals surface area contributed by atoms with Gasteiger partial charge in [0.15, 0.2) is 0 Å². The monoisotopic (exact) mass is 232 g/mol. The fraction of sp³-hybridized carbons (Fsp3) is 0.500. The molecule has 0 aliphatic carbocycles. The second kappa shape index (κ2) is 5.32. The number of aromatic nitrogens is 2. The maximum Gasteiger partial charge on any atom is 0.138 e. The molecule has 1 atom stereocenters. The first-order valence-electron chi connectivity index (χ1n) is 6.37. The molecule has 0 saturated carbocycles. The molecule has 1 unspecified atom stereocenters. The van der Waals surface area contributed by atoms with Gasteiger partial charge in [0.25, 0.3) is 0 Å². The molecule has 0 radical (unpaired) electrons. The third kappa shape index (κ3) is 2.50. The van der Waals surface area contributed by atoms with Crippen LogP contribution in [0.15, 0.2) is 24.3 Å². The van der Waals surface area contributed by atoms with Crippen LogP contribution in [0.3, 0.4) is 0 Å². The van der Waals surface area contributed by atoms with Crippen LogP contribution in [0.2, 0.25) is 0 Å². The number of nitrogens with zero attached hydrogens (tertiary/aromatic N) is 2. The van der Waals surface area contributed by atoms with E-state index in [4.69, 9.17) is 0 Å². The number of para-hydroxylation sites is 2. The number of fused-ring (bicyclic) bond motifs is 1. The van der Waals surface area contributed by atoms with E-state index < -0.39 is 6.10 Å². The fourth-order valence-corrected chi connectivity index (χ4v) is 2.17. The number of imidazole rings is 1.